The smallest absolute Gasteiger partial charge is 0.230 e. The number of fused-ring (bicyclic) bond motifs is 1. The molecule has 2 aromatic rings. The van der Waals surface area contributed by atoms with Crippen molar-refractivity contribution in [1.82, 2.24) is 5.01 Å². The molecule has 2 unspecified atom stereocenters. The Labute approximate surface area is 175 Å². The van der Waals surface area contributed by atoms with Gasteiger partial charge in [0.25, 0.3) is 0 Å². The third kappa shape index (κ3) is 3.32. The average Bonchev–Trinajstić information content (AvgIpc) is 3.50. The van der Waals surface area contributed by atoms with Crippen LogP contribution in [0.5, 0.6) is 11.5 Å². The van der Waals surface area contributed by atoms with Crippen molar-refractivity contribution < 1.29 is 13.9 Å². The number of ether oxygens (including phenoxy) is 1. The van der Waals surface area contributed by atoms with Gasteiger partial charge in [-0.3, -0.25) is 9.80 Å². The fraction of sp³-hybridized carbons (Fsp3) is 0.435. The fourth-order valence-corrected chi connectivity index (χ4v) is 4.34. The van der Waals surface area contributed by atoms with Crippen LogP contribution in [0.2, 0.25) is 0 Å². The number of hydrogen-bond donors (Lipinski definition) is 0. The predicted molar refractivity (Wildman–Crippen MR) is 111 cm³/mol. The SMILES string of the molecule is CC1CCc2c(ccc(C3CN(C)N=N3)c2Oc2ccccc2F)N1C(=O)C1CC1. The van der Waals surface area contributed by atoms with Gasteiger partial charge in [0.2, 0.25) is 5.91 Å². The molecule has 0 saturated heterocycles. The number of carbonyl (C=O) groups is 1. The first-order valence-corrected chi connectivity index (χ1v) is 10.6. The summed E-state index contributed by atoms with van der Waals surface area (Å²) in [6.07, 6.45) is 3.53. The number of halogens is 1. The molecule has 0 spiro atoms. The molecule has 7 heteroatoms. The van der Waals surface area contributed by atoms with Gasteiger partial charge in [0.05, 0.1) is 12.2 Å². The molecule has 0 bridgehead atoms. The fourth-order valence-electron chi connectivity index (χ4n) is 4.34. The van der Waals surface area contributed by atoms with E-state index in [1.807, 2.05) is 24.1 Å². The number of para-hydroxylation sites is 1. The lowest BCUT2D eigenvalue weighted by molar-refractivity contribution is -0.120. The maximum Gasteiger partial charge on any atom is 0.230 e. The Morgan fingerprint density at radius 2 is 1.97 bits per heavy atom. The zero-order valence-electron chi connectivity index (χ0n) is 17.2. The summed E-state index contributed by atoms with van der Waals surface area (Å²) in [5, 5.41) is 10.3. The number of nitrogens with zero attached hydrogens (tertiary/aromatic N) is 4. The maximum atomic E-state index is 14.4. The summed E-state index contributed by atoms with van der Waals surface area (Å²) in [7, 11) is 1.87. The van der Waals surface area contributed by atoms with E-state index in [9.17, 15) is 9.18 Å². The number of benzene rings is 2. The lowest BCUT2D eigenvalue weighted by Gasteiger charge is -2.37. The standard InChI is InChI=1S/C23H25FN4O2/c1-14-7-10-17-20(28(14)23(29)15-8-9-15)12-11-16(19-13-27(2)26-25-19)22(17)30-21-6-4-3-5-18(21)24/h3-6,11-12,14-15,19H,7-10,13H2,1-2H3. The minimum absolute atomic E-state index is 0.131. The second kappa shape index (κ2) is 7.38. The molecule has 2 atom stereocenters. The van der Waals surface area contributed by atoms with Crippen LogP contribution in [0.15, 0.2) is 46.7 Å². The van der Waals surface area contributed by atoms with E-state index in [1.165, 1.54) is 6.07 Å². The van der Waals surface area contributed by atoms with Crippen molar-refractivity contribution in [2.45, 2.75) is 44.7 Å². The van der Waals surface area contributed by atoms with Crippen molar-refractivity contribution in [2.24, 2.45) is 16.3 Å². The molecule has 1 saturated carbocycles. The molecule has 0 N–H and O–H groups in total. The Balaban J connectivity index is 1.62. The molecule has 156 valence electrons. The van der Waals surface area contributed by atoms with Gasteiger partial charge < -0.3 is 9.64 Å². The van der Waals surface area contributed by atoms with E-state index in [4.69, 9.17) is 4.74 Å². The summed E-state index contributed by atoms with van der Waals surface area (Å²) in [5.41, 5.74) is 2.70. The molecule has 30 heavy (non-hydrogen) atoms. The molecule has 1 aliphatic carbocycles. The number of amides is 1. The molecule has 2 aromatic carbocycles. The monoisotopic (exact) mass is 408 g/mol. The summed E-state index contributed by atoms with van der Waals surface area (Å²) in [4.78, 5) is 15.0. The minimum atomic E-state index is -0.415. The minimum Gasteiger partial charge on any atom is -0.454 e. The molecule has 2 heterocycles. The van der Waals surface area contributed by atoms with E-state index in [0.29, 0.717) is 12.3 Å². The summed E-state index contributed by atoms with van der Waals surface area (Å²) in [5.74, 6) is 0.687. The highest BCUT2D eigenvalue weighted by atomic mass is 19.1. The Morgan fingerprint density at radius 1 is 1.17 bits per heavy atom. The van der Waals surface area contributed by atoms with Gasteiger partial charge in [-0.15, -0.1) is 0 Å². The third-order valence-electron chi connectivity index (χ3n) is 6.13. The van der Waals surface area contributed by atoms with Crippen molar-refractivity contribution in [3.8, 4) is 11.5 Å². The topological polar surface area (TPSA) is 57.5 Å². The van der Waals surface area contributed by atoms with Crippen molar-refractivity contribution in [1.29, 1.82) is 0 Å². The highest BCUT2D eigenvalue weighted by molar-refractivity contribution is 5.98. The molecule has 3 aliphatic rings. The van der Waals surface area contributed by atoms with Crippen LogP contribution in [0.4, 0.5) is 10.1 Å². The Morgan fingerprint density at radius 3 is 2.67 bits per heavy atom. The summed E-state index contributed by atoms with van der Waals surface area (Å²) < 4.78 is 20.6. The quantitative estimate of drug-likeness (QED) is 0.711. The van der Waals surface area contributed by atoms with Gasteiger partial charge in [-0.1, -0.05) is 23.4 Å². The molecule has 5 rings (SSSR count). The summed E-state index contributed by atoms with van der Waals surface area (Å²) in [6.45, 7) is 2.72. The van der Waals surface area contributed by atoms with Gasteiger partial charge in [0.15, 0.2) is 11.6 Å². The number of carbonyl (C=O) groups excluding carboxylic acids is 1. The zero-order chi connectivity index (χ0) is 20.8. The predicted octanol–water partition coefficient (Wildman–Crippen LogP) is 5.05. The van der Waals surface area contributed by atoms with Gasteiger partial charge in [0.1, 0.15) is 11.8 Å². The summed E-state index contributed by atoms with van der Waals surface area (Å²) in [6, 6.07) is 10.3. The van der Waals surface area contributed by atoms with Gasteiger partial charge in [0, 0.05) is 30.1 Å². The van der Waals surface area contributed by atoms with Crippen LogP contribution in [-0.4, -0.2) is 30.6 Å². The number of hydrogen-bond acceptors (Lipinski definition) is 5. The van der Waals surface area contributed by atoms with Crippen molar-refractivity contribution in [2.75, 3.05) is 18.5 Å². The van der Waals surface area contributed by atoms with Crippen LogP contribution >= 0.6 is 0 Å². The highest BCUT2D eigenvalue weighted by Gasteiger charge is 2.39. The van der Waals surface area contributed by atoms with Crippen molar-refractivity contribution in [3.63, 3.8) is 0 Å². The van der Waals surface area contributed by atoms with Crippen LogP contribution in [0.3, 0.4) is 0 Å². The second-order valence-electron chi connectivity index (χ2n) is 8.45. The molecular formula is C23H25FN4O2. The second-order valence-corrected chi connectivity index (χ2v) is 8.45. The van der Waals surface area contributed by atoms with Crippen molar-refractivity contribution >= 4 is 11.6 Å². The van der Waals surface area contributed by atoms with Gasteiger partial charge in [-0.25, -0.2) is 4.39 Å². The van der Waals surface area contributed by atoms with Crippen LogP contribution < -0.4 is 9.64 Å². The summed E-state index contributed by atoms with van der Waals surface area (Å²) >= 11 is 0. The van der Waals surface area contributed by atoms with E-state index < -0.39 is 5.82 Å². The lowest BCUT2D eigenvalue weighted by atomic mass is 9.91. The van der Waals surface area contributed by atoms with Crippen molar-refractivity contribution in [3.05, 3.63) is 53.3 Å². The Kier molecular flexibility index (Phi) is 4.68. The molecule has 1 amide bonds. The zero-order valence-corrected chi connectivity index (χ0v) is 17.2. The van der Waals surface area contributed by atoms with Gasteiger partial charge in [-0.2, -0.15) is 5.11 Å². The normalized spacial score (nSPS) is 22.9. The van der Waals surface area contributed by atoms with E-state index in [-0.39, 0.29) is 29.7 Å². The molecule has 2 aliphatic heterocycles. The first-order chi connectivity index (χ1) is 14.5. The number of rotatable bonds is 4. The number of likely N-dealkylation sites (N-methyl/N-ethyl adjacent to an activating group) is 1. The molecular weight excluding hydrogens is 383 g/mol. The lowest BCUT2D eigenvalue weighted by Crippen LogP contribution is -2.43. The molecule has 1 fully saturated rings. The average molecular weight is 408 g/mol. The molecule has 6 nitrogen and oxygen atoms in total. The van der Waals surface area contributed by atoms with E-state index in [2.05, 4.69) is 17.3 Å². The van der Waals surface area contributed by atoms with Crippen LogP contribution in [0.1, 0.15) is 43.4 Å². The van der Waals surface area contributed by atoms with Crippen LogP contribution in [0.25, 0.3) is 0 Å². The van der Waals surface area contributed by atoms with E-state index in [1.54, 1.807) is 23.2 Å². The number of anilines is 1. The maximum absolute atomic E-state index is 14.4. The first-order valence-electron chi connectivity index (χ1n) is 10.6. The largest absolute Gasteiger partial charge is 0.454 e. The van der Waals surface area contributed by atoms with E-state index in [0.717, 1.165) is 42.5 Å². The van der Waals surface area contributed by atoms with Gasteiger partial charge in [-0.05, 0) is 50.8 Å². The third-order valence-corrected chi connectivity index (χ3v) is 6.13. The Bertz CT molecular complexity index is 1020. The Hall–Kier alpha value is -2.96. The molecule has 0 radical (unpaired) electrons. The van der Waals surface area contributed by atoms with E-state index >= 15 is 0 Å². The van der Waals surface area contributed by atoms with Crippen LogP contribution in [0, 0.1) is 11.7 Å². The highest BCUT2D eigenvalue weighted by Crippen LogP contribution is 2.46. The first kappa shape index (κ1) is 19.0. The van der Waals surface area contributed by atoms with Gasteiger partial charge >= 0.3 is 0 Å². The molecule has 0 aromatic heterocycles. The van der Waals surface area contributed by atoms with Crippen LogP contribution in [-0.2, 0) is 11.2 Å².